The molecule has 0 fully saturated rings. The number of halogens is 1. The molecule has 2 aromatic rings. The van der Waals surface area contributed by atoms with Gasteiger partial charge in [0.2, 0.25) is 5.91 Å². The zero-order valence-corrected chi connectivity index (χ0v) is 15.4. The van der Waals surface area contributed by atoms with Gasteiger partial charge < -0.3 is 5.32 Å². The highest BCUT2D eigenvalue weighted by atomic mass is 32.2. The van der Waals surface area contributed by atoms with Crippen molar-refractivity contribution in [1.82, 2.24) is 0 Å². The normalized spacial score (nSPS) is 11.6. The molecule has 0 bridgehead atoms. The van der Waals surface area contributed by atoms with Gasteiger partial charge in [0.25, 0.3) is 0 Å². The third-order valence-electron chi connectivity index (χ3n) is 3.67. The summed E-state index contributed by atoms with van der Waals surface area (Å²) < 4.78 is 36.9. The second kappa shape index (κ2) is 7.78. The van der Waals surface area contributed by atoms with Crippen LogP contribution < -0.4 is 5.32 Å². The molecule has 4 nitrogen and oxygen atoms in total. The standard InChI is InChI=1S/C19H22FNO3S/c1-13(2)10-14-4-6-15(7-5-14)11-19(22)21-18-12-16(25(3,23)24)8-9-17(18)20/h4-9,12-13H,10-11H2,1-3H3,(H,21,22). The summed E-state index contributed by atoms with van der Waals surface area (Å²) in [4.78, 5) is 12.1. The molecule has 1 amide bonds. The molecule has 0 saturated heterocycles. The average Bonchev–Trinajstić information content (AvgIpc) is 2.50. The van der Waals surface area contributed by atoms with Gasteiger partial charge in [-0.2, -0.15) is 0 Å². The largest absolute Gasteiger partial charge is 0.323 e. The topological polar surface area (TPSA) is 63.2 Å². The van der Waals surface area contributed by atoms with E-state index in [1.54, 1.807) is 0 Å². The summed E-state index contributed by atoms with van der Waals surface area (Å²) in [5.41, 5.74) is 1.88. The fourth-order valence-corrected chi connectivity index (χ4v) is 3.12. The molecule has 25 heavy (non-hydrogen) atoms. The number of hydrogen-bond acceptors (Lipinski definition) is 3. The molecule has 134 valence electrons. The molecule has 2 rings (SSSR count). The minimum atomic E-state index is -3.47. The van der Waals surface area contributed by atoms with Gasteiger partial charge in [-0.3, -0.25) is 4.79 Å². The van der Waals surface area contributed by atoms with Gasteiger partial charge in [0, 0.05) is 6.26 Å². The Morgan fingerprint density at radius 3 is 2.24 bits per heavy atom. The first-order valence-electron chi connectivity index (χ1n) is 8.02. The van der Waals surface area contributed by atoms with E-state index in [4.69, 9.17) is 0 Å². The molecular formula is C19H22FNO3S. The zero-order chi connectivity index (χ0) is 18.6. The number of carbonyl (C=O) groups is 1. The monoisotopic (exact) mass is 363 g/mol. The maximum absolute atomic E-state index is 13.8. The first kappa shape index (κ1) is 19.1. The second-order valence-corrected chi connectivity index (χ2v) is 8.57. The van der Waals surface area contributed by atoms with E-state index in [9.17, 15) is 17.6 Å². The molecule has 1 N–H and O–H groups in total. The van der Waals surface area contributed by atoms with Gasteiger partial charge in [0.05, 0.1) is 17.0 Å². The SMILES string of the molecule is CC(C)Cc1ccc(CC(=O)Nc2cc(S(C)(=O)=O)ccc2F)cc1. The van der Waals surface area contributed by atoms with Crippen LogP contribution in [0.3, 0.4) is 0 Å². The minimum absolute atomic E-state index is 0.0396. The summed E-state index contributed by atoms with van der Waals surface area (Å²) in [5.74, 6) is -0.520. The van der Waals surface area contributed by atoms with Gasteiger partial charge >= 0.3 is 0 Å². The van der Waals surface area contributed by atoms with E-state index in [1.807, 2.05) is 24.3 Å². The van der Waals surface area contributed by atoms with Crippen molar-refractivity contribution in [2.24, 2.45) is 5.92 Å². The Morgan fingerprint density at radius 2 is 1.68 bits per heavy atom. The molecule has 0 heterocycles. The molecule has 0 aromatic heterocycles. The fraction of sp³-hybridized carbons (Fsp3) is 0.316. The summed E-state index contributed by atoms with van der Waals surface area (Å²) in [6.45, 7) is 4.28. The molecule has 0 spiro atoms. The van der Waals surface area contributed by atoms with E-state index in [0.29, 0.717) is 5.92 Å². The highest BCUT2D eigenvalue weighted by molar-refractivity contribution is 7.90. The van der Waals surface area contributed by atoms with Crippen LogP contribution >= 0.6 is 0 Å². The van der Waals surface area contributed by atoms with Crippen LogP contribution in [-0.4, -0.2) is 20.6 Å². The van der Waals surface area contributed by atoms with Gasteiger partial charge in [-0.1, -0.05) is 38.1 Å². The van der Waals surface area contributed by atoms with E-state index in [-0.39, 0.29) is 17.0 Å². The zero-order valence-electron chi connectivity index (χ0n) is 14.5. The Kier molecular flexibility index (Phi) is 5.95. The predicted octanol–water partition coefficient (Wildman–Crippen LogP) is 3.61. The predicted molar refractivity (Wildman–Crippen MR) is 96.8 cm³/mol. The van der Waals surface area contributed by atoms with Crippen molar-refractivity contribution < 1.29 is 17.6 Å². The first-order chi connectivity index (χ1) is 11.6. The lowest BCUT2D eigenvalue weighted by Crippen LogP contribution is -2.16. The van der Waals surface area contributed by atoms with Crippen LogP contribution in [0.2, 0.25) is 0 Å². The van der Waals surface area contributed by atoms with Crippen LogP contribution in [0, 0.1) is 11.7 Å². The average molecular weight is 363 g/mol. The molecular weight excluding hydrogens is 341 g/mol. The molecule has 0 aliphatic carbocycles. The Morgan fingerprint density at radius 1 is 1.08 bits per heavy atom. The van der Waals surface area contributed by atoms with Crippen molar-refractivity contribution in [2.75, 3.05) is 11.6 Å². The number of carbonyl (C=O) groups excluding carboxylic acids is 1. The number of hydrogen-bond donors (Lipinski definition) is 1. The van der Waals surface area contributed by atoms with E-state index < -0.39 is 21.6 Å². The third kappa shape index (κ3) is 5.67. The molecule has 0 aliphatic heterocycles. The van der Waals surface area contributed by atoms with Crippen LogP contribution in [0.25, 0.3) is 0 Å². The van der Waals surface area contributed by atoms with E-state index in [1.165, 1.54) is 11.6 Å². The van der Waals surface area contributed by atoms with Gasteiger partial charge in [-0.15, -0.1) is 0 Å². The van der Waals surface area contributed by atoms with E-state index in [2.05, 4.69) is 19.2 Å². The van der Waals surface area contributed by atoms with Crippen LogP contribution in [-0.2, 0) is 27.5 Å². The summed E-state index contributed by atoms with van der Waals surface area (Å²) in [6, 6.07) is 11.1. The molecule has 0 unspecified atom stereocenters. The van der Waals surface area contributed by atoms with Crippen molar-refractivity contribution in [1.29, 1.82) is 0 Å². The number of benzene rings is 2. The van der Waals surface area contributed by atoms with Crippen molar-refractivity contribution in [3.63, 3.8) is 0 Å². The lowest BCUT2D eigenvalue weighted by atomic mass is 10.0. The molecule has 0 radical (unpaired) electrons. The van der Waals surface area contributed by atoms with E-state index >= 15 is 0 Å². The Bertz CT molecular complexity index is 859. The molecule has 6 heteroatoms. The lowest BCUT2D eigenvalue weighted by molar-refractivity contribution is -0.115. The number of nitrogens with one attached hydrogen (secondary N) is 1. The molecule has 0 aliphatic rings. The number of rotatable bonds is 6. The lowest BCUT2D eigenvalue weighted by Gasteiger charge is -2.09. The van der Waals surface area contributed by atoms with Gasteiger partial charge in [-0.25, -0.2) is 12.8 Å². The summed E-state index contributed by atoms with van der Waals surface area (Å²) >= 11 is 0. The summed E-state index contributed by atoms with van der Waals surface area (Å²) in [7, 11) is -3.47. The molecule has 0 atom stereocenters. The van der Waals surface area contributed by atoms with Gasteiger partial charge in [0.15, 0.2) is 9.84 Å². The summed E-state index contributed by atoms with van der Waals surface area (Å²) in [5, 5.41) is 2.44. The highest BCUT2D eigenvalue weighted by Gasteiger charge is 2.13. The Hall–Kier alpha value is -2.21. The minimum Gasteiger partial charge on any atom is -0.323 e. The number of amides is 1. The van der Waals surface area contributed by atoms with Crippen LogP contribution in [0.15, 0.2) is 47.4 Å². The Balaban J connectivity index is 2.07. The molecule has 2 aromatic carbocycles. The maximum atomic E-state index is 13.8. The first-order valence-corrected chi connectivity index (χ1v) is 9.91. The van der Waals surface area contributed by atoms with Crippen molar-refractivity contribution in [3.05, 3.63) is 59.4 Å². The number of sulfone groups is 1. The maximum Gasteiger partial charge on any atom is 0.228 e. The van der Waals surface area contributed by atoms with Gasteiger partial charge in [0.1, 0.15) is 5.82 Å². The van der Waals surface area contributed by atoms with Crippen LogP contribution in [0.4, 0.5) is 10.1 Å². The molecule has 0 saturated carbocycles. The smallest absolute Gasteiger partial charge is 0.228 e. The van der Waals surface area contributed by atoms with Gasteiger partial charge in [-0.05, 0) is 41.7 Å². The quantitative estimate of drug-likeness (QED) is 0.798. The Labute approximate surface area is 148 Å². The number of anilines is 1. The summed E-state index contributed by atoms with van der Waals surface area (Å²) in [6.07, 6.45) is 2.09. The van der Waals surface area contributed by atoms with Crippen LogP contribution in [0.5, 0.6) is 0 Å². The van der Waals surface area contributed by atoms with Crippen LogP contribution in [0.1, 0.15) is 25.0 Å². The van der Waals surface area contributed by atoms with Crippen molar-refractivity contribution >= 4 is 21.4 Å². The van der Waals surface area contributed by atoms with Crippen molar-refractivity contribution in [3.8, 4) is 0 Å². The fourth-order valence-electron chi connectivity index (χ4n) is 2.48. The highest BCUT2D eigenvalue weighted by Crippen LogP contribution is 2.20. The van der Waals surface area contributed by atoms with E-state index in [0.717, 1.165) is 30.4 Å². The third-order valence-corrected chi connectivity index (χ3v) is 4.78. The van der Waals surface area contributed by atoms with Crippen molar-refractivity contribution in [2.45, 2.75) is 31.6 Å². The second-order valence-electron chi connectivity index (χ2n) is 6.55.